The van der Waals surface area contributed by atoms with Gasteiger partial charge in [-0.25, -0.2) is 0 Å². The average molecular weight is 467 g/mol. The first-order valence-electron chi connectivity index (χ1n) is 14.1. The third-order valence-electron chi connectivity index (χ3n) is 7.14. The van der Waals surface area contributed by atoms with Crippen molar-refractivity contribution in [2.45, 2.75) is 156 Å². The highest BCUT2D eigenvalue weighted by atomic mass is 28.4. The highest BCUT2D eigenvalue weighted by molar-refractivity contribution is 6.92. The highest BCUT2D eigenvalue weighted by Crippen LogP contribution is 2.30. The van der Waals surface area contributed by atoms with Gasteiger partial charge in [0.05, 0.1) is 0 Å². The molecule has 0 aliphatic carbocycles. The topological polar surface area (TPSA) is 9.23 Å². The molecule has 0 rings (SSSR count). The van der Waals surface area contributed by atoms with Crippen molar-refractivity contribution in [2.75, 3.05) is 0 Å². The molecule has 0 aromatic heterocycles. The van der Waals surface area contributed by atoms with E-state index in [1.54, 1.807) is 0 Å². The summed E-state index contributed by atoms with van der Waals surface area (Å²) in [6, 6.07) is 4.95. The molecule has 0 saturated carbocycles. The summed E-state index contributed by atoms with van der Waals surface area (Å²) in [6.07, 6.45) is 24.0. The second-order valence-corrected chi connectivity index (χ2v) is 18.2. The van der Waals surface area contributed by atoms with Crippen molar-refractivity contribution in [3.05, 3.63) is 23.6 Å². The van der Waals surface area contributed by atoms with E-state index in [0.29, 0.717) is 0 Å². The van der Waals surface area contributed by atoms with Gasteiger partial charge in [0.25, 0.3) is 0 Å². The number of hydrogen-bond acceptors (Lipinski definition) is 1. The van der Waals surface area contributed by atoms with E-state index in [1.807, 2.05) is 0 Å². The normalized spacial score (nSPS) is 14.6. The first-order chi connectivity index (χ1) is 15.1. The van der Waals surface area contributed by atoms with Crippen LogP contribution in [0.1, 0.15) is 131 Å². The second kappa shape index (κ2) is 20.5. The first kappa shape index (κ1) is 30.9. The van der Waals surface area contributed by atoms with Crippen molar-refractivity contribution in [2.24, 2.45) is 0 Å². The van der Waals surface area contributed by atoms with Gasteiger partial charge in [-0.05, 0) is 49.9 Å². The summed E-state index contributed by atoms with van der Waals surface area (Å²) in [5.74, 6) is 0. The summed E-state index contributed by atoms with van der Waals surface area (Å²) in [5.41, 5.74) is 5.14. The summed E-state index contributed by atoms with van der Waals surface area (Å²) < 4.78 is 7.25. The van der Waals surface area contributed by atoms with Crippen LogP contribution in [0.3, 0.4) is 0 Å². The molecule has 0 aromatic carbocycles. The van der Waals surface area contributed by atoms with Gasteiger partial charge in [0.2, 0.25) is 8.32 Å². The smallest absolute Gasteiger partial charge is 0.229 e. The van der Waals surface area contributed by atoms with Gasteiger partial charge in [-0.15, -0.1) is 0 Å². The Kier molecular flexibility index (Phi) is 20.4. The van der Waals surface area contributed by atoms with Crippen molar-refractivity contribution in [3.8, 4) is 0 Å². The predicted octanol–water partition coefficient (Wildman–Crippen LogP) is 10.7. The standard InChI is InChI=1S/C28H58OSi2/c1-7-13-15-17-19-21-23-25-27-31(12-6,29-30(9-3,10-4)11-5)28-26-24-22-20-18-16-14-8-2/h25-28H,7-24H2,1-6H3. The maximum absolute atomic E-state index is 7.25. The van der Waals surface area contributed by atoms with Gasteiger partial charge in [0.1, 0.15) is 0 Å². The maximum atomic E-state index is 7.25. The van der Waals surface area contributed by atoms with Crippen molar-refractivity contribution in [1.82, 2.24) is 0 Å². The van der Waals surface area contributed by atoms with E-state index in [0.717, 1.165) is 0 Å². The van der Waals surface area contributed by atoms with Crippen LogP contribution in [-0.4, -0.2) is 16.6 Å². The molecule has 0 saturated heterocycles. The van der Waals surface area contributed by atoms with Crippen LogP contribution in [0.25, 0.3) is 0 Å². The van der Waals surface area contributed by atoms with Crippen LogP contribution in [0.5, 0.6) is 0 Å². The van der Waals surface area contributed by atoms with Crippen molar-refractivity contribution < 1.29 is 4.12 Å². The fraction of sp³-hybridized carbons (Fsp3) is 0.857. The molecule has 3 heteroatoms. The van der Waals surface area contributed by atoms with Gasteiger partial charge >= 0.3 is 0 Å². The van der Waals surface area contributed by atoms with Crippen LogP contribution in [-0.2, 0) is 4.12 Å². The molecule has 0 aliphatic rings. The minimum Gasteiger partial charge on any atom is -0.449 e. The molecule has 0 atom stereocenters. The molecule has 1 nitrogen and oxygen atoms in total. The number of rotatable bonds is 22. The molecule has 0 spiro atoms. The van der Waals surface area contributed by atoms with E-state index in [2.05, 4.69) is 65.1 Å². The van der Waals surface area contributed by atoms with Crippen LogP contribution in [0, 0.1) is 0 Å². The minimum atomic E-state index is -1.93. The lowest BCUT2D eigenvalue weighted by Crippen LogP contribution is -2.48. The van der Waals surface area contributed by atoms with Gasteiger partial charge in [-0.3, -0.25) is 0 Å². The zero-order chi connectivity index (χ0) is 23.3. The average Bonchev–Trinajstić information content (AvgIpc) is 2.80. The van der Waals surface area contributed by atoms with E-state index < -0.39 is 16.6 Å². The first-order valence-corrected chi connectivity index (χ1v) is 18.9. The zero-order valence-electron chi connectivity index (χ0n) is 22.4. The number of allylic oxidation sites excluding steroid dienone is 2. The summed E-state index contributed by atoms with van der Waals surface area (Å²) in [5, 5.41) is 0. The lowest BCUT2D eigenvalue weighted by atomic mass is 10.1. The van der Waals surface area contributed by atoms with Crippen molar-refractivity contribution in [1.29, 1.82) is 0 Å². The number of hydrogen-bond donors (Lipinski definition) is 0. The van der Waals surface area contributed by atoms with E-state index in [4.69, 9.17) is 4.12 Å². The lowest BCUT2D eigenvalue weighted by molar-refractivity contribution is 0.535. The Labute approximate surface area is 199 Å². The Balaban J connectivity index is 4.92. The Morgan fingerprint density at radius 1 is 0.484 bits per heavy atom. The molecular weight excluding hydrogens is 408 g/mol. The SMILES string of the molecule is CCCCCCCCC=C[Si](C=CCCCCCCCC)(CC)O[Si](CC)(CC)CC. The largest absolute Gasteiger partial charge is 0.449 e. The summed E-state index contributed by atoms with van der Waals surface area (Å²) in [4.78, 5) is 0. The number of unbranched alkanes of at least 4 members (excludes halogenated alkanes) is 12. The fourth-order valence-corrected chi connectivity index (χ4v) is 13.7. The quantitative estimate of drug-likeness (QED) is 0.114. The van der Waals surface area contributed by atoms with Crippen molar-refractivity contribution in [3.63, 3.8) is 0 Å². The fourth-order valence-electron chi connectivity index (χ4n) is 4.45. The Morgan fingerprint density at radius 3 is 1.23 bits per heavy atom. The Morgan fingerprint density at radius 2 is 0.871 bits per heavy atom. The third kappa shape index (κ3) is 14.6. The molecule has 0 heterocycles. The molecule has 0 bridgehead atoms. The van der Waals surface area contributed by atoms with E-state index in [-0.39, 0.29) is 0 Å². The lowest BCUT2D eigenvalue weighted by Gasteiger charge is -2.38. The van der Waals surface area contributed by atoms with Crippen LogP contribution < -0.4 is 0 Å². The Hall–Kier alpha value is -0.126. The third-order valence-corrected chi connectivity index (χ3v) is 17.0. The summed E-state index contributed by atoms with van der Waals surface area (Å²) in [7, 11) is -3.52. The van der Waals surface area contributed by atoms with E-state index >= 15 is 0 Å². The highest BCUT2D eigenvalue weighted by Gasteiger charge is 2.38. The van der Waals surface area contributed by atoms with Gasteiger partial charge in [0, 0.05) is 0 Å². The van der Waals surface area contributed by atoms with Crippen molar-refractivity contribution >= 4 is 16.6 Å². The Bertz CT molecular complexity index is 406. The van der Waals surface area contributed by atoms with Crippen LogP contribution in [0.4, 0.5) is 0 Å². The van der Waals surface area contributed by atoms with Crippen LogP contribution in [0.2, 0.25) is 24.2 Å². The maximum Gasteiger partial charge on any atom is 0.229 e. The summed E-state index contributed by atoms with van der Waals surface area (Å²) >= 11 is 0. The molecule has 0 N–H and O–H groups in total. The van der Waals surface area contributed by atoms with Gasteiger partial charge in [0.15, 0.2) is 8.32 Å². The van der Waals surface area contributed by atoms with E-state index in [1.165, 1.54) is 114 Å². The second-order valence-electron chi connectivity index (χ2n) is 9.57. The zero-order valence-corrected chi connectivity index (χ0v) is 24.4. The van der Waals surface area contributed by atoms with Gasteiger partial charge in [-0.2, -0.15) is 0 Å². The van der Waals surface area contributed by atoms with Gasteiger partial charge < -0.3 is 4.12 Å². The summed E-state index contributed by atoms with van der Waals surface area (Å²) in [6.45, 7) is 14.1. The molecule has 0 unspecified atom stereocenters. The molecule has 0 amide bonds. The van der Waals surface area contributed by atoms with Crippen LogP contribution in [0.15, 0.2) is 23.6 Å². The van der Waals surface area contributed by atoms with Gasteiger partial charge in [-0.1, -0.05) is 129 Å². The molecule has 0 fully saturated rings. The molecule has 0 aromatic rings. The monoisotopic (exact) mass is 466 g/mol. The predicted molar refractivity (Wildman–Crippen MR) is 149 cm³/mol. The van der Waals surface area contributed by atoms with Crippen LogP contribution >= 0.6 is 0 Å². The molecular formula is C28H58OSi2. The molecule has 0 radical (unpaired) electrons. The minimum absolute atomic E-state index is 1.18. The molecule has 0 aliphatic heterocycles. The molecule has 184 valence electrons. The molecule has 31 heavy (non-hydrogen) atoms. The van der Waals surface area contributed by atoms with E-state index in [9.17, 15) is 0 Å².